The monoisotopic (exact) mass is 451 g/mol. The Morgan fingerprint density at radius 3 is 2.41 bits per heavy atom. The van der Waals surface area contributed by atoms with Gasteiger partial charge in [-0.1, -0.05) is 60.1 Å². The van der Waals surface area contributed by atoms with Crippen molar-refractivity contribution in [2.75, 3.05) is 31.5 Å². The van der Waals surface area contributed by atoms with Crippen molar-refractivity contribution in [2.24, 2.45) is 7.05 Å². The van der Waals surface area contributed by atoms with Crippen molar-refractivity contribution in [1.29, 1.82) is 0 Å². The largest absolute Gasteiger partial charge is 0.335 e. The van der Waals surface area contributed by atoms with E-state index in [-0.39, 0.29) is 18.2 Å². The Bertz CT molecular complexity index is 1090. The quantitative estimate of drug-likeness (QED) is 0.624. The van der Waals surface area contributed by atoms with E-state index < -0.39 is 0 Å². The molecule has 1 saturated heterocycles. The van der Waals surface area contributed by atoms with Gasteiger partial charge in [-0.3, -0.25) is 19.2 Å². The van der Waals surface area contributed by atoms with E-state index in [4.69, 9.17) is 11.6 Å². The van der Waals surface area contributed by atoms with Crippen LogP contribution in [0.4, 0.5) is 5.82 Å². The maximum atomic E-state index is 13.0. The highest BCUT2D eigenvalue weighted by Gasteiger charge is 2.25. The average Bonchev–Trinajstić information content (AvgIpc) is 3.16. The summed E-state index contributed by atoms with van der Waals surface area (Å²) in [6.07, 6.45) is 0.267. The topological polar surface area (TPSA) is 70.5 Å². The number of anilines is 1. The maximum Gasteiger partial charge on any atom is 0.274 e. The van der Waals surface area contributed by atoms with Gasteiger partial charge in [-0.25, -0.2) is 0 Å². The van der Waals surface area contributed by atoms with Crippen LogP contribution in [0.1, 0.15) is 21.6 Å². The third-order valence-electron chi connectivity index (χ3n) is 5.59. The first-order valence-electron chi connectivity index (χ1n) is 10.6. The van der Waals surface area contributed by atoms with Crippen molar-refractivity contribution in [1.82, 2.24) is 19.6 Å². The molecule has 2 aromatic carbocycles. The van der Waals surface area contributed by atoms with Gasteiger partial charge in [0, 0.05) is 50.9 Å². The Morgan fingerprint density at radius 1 is 1.00 bits per heavy atom. The van der Waals surface area contributed by atoms with Crippen molar-refractivity contribution < 1.29 is 9.59 Å². The number of aromatic nitrogens is 2. The third-order valence-corrected chi connectivity index (χ3v) is 5.95. The lowest BCUT2D eigenvalue weighted by atomic mass is 10.1. The van der Waals surface area contributed by atoms with Crippen molar-refractivity contribution in [3.8, 4) is 0 Å². The smallest absolute Gasteiger partial charge is 0.274 e. The molecule has 0 saturated carbocycles. The number of piperazine rings is 1. The van der Waals surface area contributed by atoms with Crippen molar-refractivity contribution >= 4 is 29.2 Å². The molecule has 4 rings (SSSR count). The van der Waals surface area contributed by atoms with E-state index in [0.717, 1.165) is 35.8 Å². The molecule has 8 heteroatoms. The molecule has 0 aliphatic carbocycles. The number of hydrogen-bond acceptors (Lipinski definition) is 4. The highest BCUT2D eigenvalue weighted by atomic mass is 35.5. The van der Waals surface area contributed by atoms with E-state index in [9.17, 15) is 9.59 Å². The molecule has 1 aromatic heterocycles. The molecule has 1 fully saturated rings. The molecule has 1 aliphatic rings. The van der Waals surface area contributed by atoms with Gasteiger partial charge in [-0.05, 0) is 17.2 Å². The van der Waals surface area contributed by atoms with Crippen LogP contribution in [0.25, 0.3) is 0 Å². The fourth-order valence-electron chi connectivity index (χ4n) is 3.80. The van der Waals surface area contributed by atoms with E-state index in [1.54, 1.807) is 18.0 Å². The highest BCUT2D eigenvalue weighted by Crippen LogP contribution is 2.19. The molecule has 0 atom stereocenters. The molecule has 1 N–H and O–H groups in total. The Morgan fingerprint density at radius 2 is 1.69 bits per heavy atom. The number of benzene rings is 2. The predicted octanol–water partition coefficient (Wildman–Crippen LogP) is 3.21. The van der Waals surface area contributed by atoms with Crippen molar-refractivity contribution in [2.45, 2.75) is 13.0 Å². The molecule has 7 nitrogen and oxygen atoms in total. The van der Waals surface area contributed by atoms with Crippen LogP contribution in [0, 0.1) is 0 Å². The Kier molecular flexibility index (Phi) is 6.87. The van der Waals surface area contributed by atoms with Gasteiger partial charge in [0.05, 0.1) is 6.42 Å². The number of carbonyl (C=O) groups is 2. The molecule has 0 spiro atoms. The highest BCUT2D eigenvalue weighted by molar-refractivity contribution is 6.31. The number of hydrogen-bond donors (Lipinski definition) is 1. The van der Waals surface area contributed by atoms with Crippen molar-refractivity contribution in [3.05, 3.63) is 82.5 Å². The van der Waals surface area contributed by atoms with Gasteiger partial charge in [-0.15, -0.1) is 0 Å². The zero-order chi connectivity index (χ0) is 22.5. The minimum atomic E-state index is -0.147. The summed E-state index contributed by atoms with van der Waals surface area (Å²) in [5.74, 6) is 0.236. The first-order valence-corrected chi connectivity index (χ1v) is 11.0. The zero-order valence-electron chi connectivity index (χ0n) is 18.0. The Hall–Kier alpha value is -3.16. The number of carbonyl (C=O) groups excluding carboxylic acids is 2. The van der Waals surface area contributed by atoms with Crippen LogP contribution >= 0.6 is 11.6 Å². The maximum absolute atomic E-state index is 13.0. The summed E-state index contributed by atoms with van der Waals surface area (Å²) >= 11 is 6.27. The van der Waals surface area contributed by atoms with Crippen LogP contribution in [-0.2, 0) is 24.8 Å². The standard InChI is InChI=1S/C24H26ClN5O2/c1-28-22(26-23(31)15-18-7-3-2-4-8-18)16-21(27-28)24(32)30-13-11-29(12-14-30)17-19-9-5-6-10-20(19)25/h2-10,16H,11-15,17H2,1H3,(H,26,31). The first-order chi connectivity index (χ1) is 15.5. The second-order valence-corrected chi connectivity index (χ2v) is 8.32. The van der Waals surface area contributed by atoms with Gasteiger partial charge in [0.1, 0.15) is 5.82 Å². The Balaban J connectivity index is 1.32. The van der Waals surface area contributed by atoms with E-state index in [1.165, 1.54) is 4.68 Å². The molecule has 1 aliphatic heterocycles. The predicted molar refractivity (Wildman–Crippen MR) is 125 cm³/mol. The average molecular weight is 452 g/mol. The van der Waals surface area contributed by atoms with Crippen LogP contribution in [0.15, 0.2) is 60.7 Å². The summed E-state index contributed by atoms with van der Waals surface area (Å²) < 4.78 is 1.53. The number of amides is 2. The summed E-state index contributed by atoms with van der Waals surface area (Å²) in [4.78, 5) is 29.4. The summed E-state index contributed by atoms with van der Waals surface area (Å²) in [6, 6.07) is 19.0. The van der Waals surface area contributed by atoms with Gasteiger partial charge >= 0.3 is 0 Å². The van der Waals surface area contributed by atoms with Gasteiger partial charge in [0.2, 0.25) is 5.91 Å². The molecular weight excluding hydrogens is 426 g/mol. The lowest BCUT2D eigenvalue weighted by Gasteiger charge is -2.34. The summed E-state index contributed by atoms with van der Waals surface area (Å²) in [5.41, 5.74) is 2.36. The molecule has 2 heterocycles. The second-order valence-electron chi connectivity index (χ2n) is 7.91. The fraction of sp³-hybridized carbons (Fsp3) is 0.292. The zero-order valence-corrected chi connectivity index (χ0v) is 18.8. The second kappa shape index (κ2) is 9.97. The SMILES string of the molecule is Cn1nc(C(=O)N2CCN(Cc3ccccc3Cl)CC2)cc1NC(=O)Cc1ccccc1. The minimum Gasteiger partial charge on any atom is -0.335 e. The molecule has 0 unspecified atom stereocenters. The van der Waals surface area contributed by atoms with E-state index >= 15 is 0 Å². The lowest BCUT2D eigenvalue weighted by Crippen LogP contribution is -2.48. The number of halogens is 1. The number of nitrogens with zero attached hydrogens (tertiary/aromatic N) is 4. The number of rotatable bonds is 6. The first kappa shape index (κ1) is 22.0. The van der Waals surface area contributed by atoms with E-state index in [2.05, 4.69) is 15.3 Å². The molecular formula is C24H26ClN5O2. The van der Waals surface area contributed by atoms with Crippen LogP contribution in [-0.4, -0.2) is 57.6 Å². The third kappa shape index (κ3) is 5.36. The minimum absolute atomic E-state index is 0.124. The molecule has 0 bridgehead atoms. The Labute approximate surface area is 192 Å². The molecule has 166 valence electrons. The van der Waals surface area contributed by atoms with E-state index in [1.807, 2.05) is 54.6 Å². The number of nitrogens with one attached hydrogen (secondary N) is 1. The van der Waals surface area contributed by atoms with Crippen LogP contribution in [0.2, 0.25) is 5.02 Å². The molecule has 32 heavy (non-hydrogen) atoms. The van der Waals surface area contributed by atoms with Gasteiger partial charge in [0.25, 0.3) is 5.91 Å². The van der Waals surface area contributed by atoms with Gasteiger partial charge in [0.15, 0.2) is 5.69 Å². The number of aryl methyl sites for hydroxylation is 1. The van der Waals surface area contributed by atoms with Gasteiger partial charge in [-0.2, -0.15) is 5.10 Å². The summed E-state index contributed by atoms with van der Waals surface area (Å²) in [6.45, 7) is 3.54. The normalized spacial score (nSPS) is 14.4. The lowest BCUT2D eigenvalue weighted by molar-refractivity contribution is -0.115. The molecule has 3 aromatic rings. The van der Waals surface area contributed by atoms with Crippen LogP contribution in [0.3, 0.4) is 0 Å². The van der Waals surface area contributed by atoms with E-state index in [0.29, 0.717) is 24.6 Å². The van der Waals surface area contributed by atoms with Crippen LogP contribution < -0.4 is 5.32 Å². The summed E-state index contributed by atoms with van der Waals surface area (Å²) in [7, 11) is 1.72. The fourth-order valence-corrected chi connectivity index (χ4v) is 3.99. The van der Waals surface area contributed by atoms with Gasteiger partial charge < -0.3 is 10.2 Å². The van der Waals surface area contributed by atoms with Crippen LogP contribution in [0.5, 0.6) is 0 Å². The molecule has 2 amide bonds. The summed E-state index contributed by atoms with van der Waals surface area (Å²) in [5, 5.41) is 7.94. The van der Waals surface area contributed by atoms with Crippen molar-refractivity contribution in [3.63, 3.8) is 0 Å². The molecule has 0 radical (unpaired) electrons.